The SMILES string of the molecule is O=[P@]1(Oc2ccc(Cl)cc2)NCc2ccccc2N1. The molecule has 0 unspecified atom stereocenters. The zero-order valence-corrected chi connectivity index (χ0v) is 11.6. The molecule has 1 aliphatic rings. The van der Waals surface area contributed by atoms with E-state index in [9.17, 15) is 4.57 Å². The molecule has 0 radical (unpaired) electrons. The molecule has 2 N–H and O–H groups in total. The lowest BCUT2D eigenvalue weighted by Crippen LogP contribution is -2.25. The summed E-state index contributed by atoms with van der Waals surface area (Å²) in [6.07, 6.45) is 0. The number of rotatable bonds is 2. The van der Waals surface area contributed by atoms with E-state index in [1.54, 1.807) is 24.3 Å². The van der Waals surface area contributed by atoms with Crippen molar-refractivity contribution in [2.45, 2.75) is 6.54 Å². The van der Waals surface area contributed by atoms with E-state index in [4.69, 9.17) is 16.1 Å². The van der Waals surface area contributed by atoms with Crippen molar-refractivity contribution in [3.8, 4) is 5.75 Å². The van der Waals surface area contributed by atoms with Gasteiger partial charge < -0.3 is 4.52 Å². The Labute approximate surface area is 116 Å². The van der Waals surface area contributed by atoms with Crippen LogP contribution < -0.4 is 14.7 Å². The summed E-state index contributed by atoms with van der Waals surface area (Å²) in [4.78, 5) is 0. The van der Waals surface area contributed by atoms with Crippen molar-refractivity contribution in [3.63, 3.8) is 0 Å². The first kappa shape index (κ1) is 12.5. The van der Waals surface area contributed by atoms with Crippen molar-refractivity contribution in [2.75, 3.05) is 5.09 Å². The molecule has 2 aromatic rings. The molecule has 0 bridgehead atoms. The van der Waals surface area contributed by atoms with Gasteiger partial charge in [0.1, 0.15) is 5.75 Å². The lowest BCUT2D eigenvalue weighted by molar-refractivity contribution is 0.470. The van der Waals surface area contributed by atoms with Gasteiger partial charge in [-0.15, -0.1) is 0 Å². The van der Waals surface area contributed by atoms with Crippen LogP contribution >= 0.6 is 19.3 Å². The van der Waals surface area contributed by atoms with Crippen LogP contribution in [0.5, 0.6) is 5.75 Å². The molecule has 0 saturated heterocycles. The van der Waals surface area contributed by atoms with E-state index in [0.29, 0.717) is 17.3 Å². The van der Waals surface area contributed by atoms with E-state index in [1.807, 2.05) is 24.3 Å². The number of hydrogen-bond acceptors (Lipinski definition) is 2. The summed E-state index contributed by atoms with van der Waals surface area (Å²) in [5.74, 6) is 0.507. The third-order valence-electron chi connectivity index (χ3n) is 2.81. The number of para-hydroxylation sites is 1. The van der Waals surface area contributed by atoms with E-state index in [2.05, 4.69) is 10.2 Å². The lowest BCUT2D eigenvalue weighted by atomic mass is 10.2. The standard InChI is InChI=1S/C13H12ClN2O2P/c14-11-5-7-12(8-6-11)18-19(17)15-9-10-3-1-2-4-13(10)16-19/h1-8H,9H2,(H2,15,16,17)/t19-/m0/s1. The van der Waals surface area contributed by atoms with Crippen LogP contribution in [0.3, 0.4) is 0 Å². The van der Waals surface area contributed by atoms with Gasteiger partial charge in [-0.3, -0.25) is 5.09 Å². The van der Waals surface area contributed by atoms with Gasteiger partial charge >= 0.3 is 7.67 Å². The third kappa shape index (κ3) is 2.76. The highest BCUT2D eigenvalue weighted by molar-refractivity contribution is 7.58. The number of benzene rings is 2. The molecule has 98 valence electrons. The maximum absolute atomic E-state index is 12.6. The maximum Gasteiger partial charge on any atom is 0.417 e. The van der Waals surface area contributed by atoms with Crippen molar-refractivity contribution in [2.24, 2.45) is 0 Å². The van der Waals surface area contributed by atoms with Crippen molar-refractivity contribution < 1.29 is 9.09 Å². The van der Waals surface area contributed by atoms with Gasteiger partial charge in [0.05, 0.1) is 0 Å². The molecule has 6 heteroatoms. The molecular formula is C13H12ClN2O2P. The highest BCUT2D eigenvalue weighted by atomic mass is 35.5. The van der Waals surface area contributed by atoms with Gasteiger partial charge in [0, 0.05) is 17.3 Å². The number of halogens is 1. The predicted octanol–water partition coefficient (Wildman–Crippen LogP) is 4.04. The largest absolute Gasteiger partial charge is 0.418 e. The van der Waals surface area contributed by atoms with E-state index in [-0.39, 0.29) is 0 Å². The average molecular weight is 295 g/mol. The molecule has 1 aliphatic heterocycles. The number of hydrogen-bond donors (Lipinski definition) is 2. The lowest BCUT2D eigenvalue weighted by Gasteiger charge is -2.27. The van der Waals surface area contributed by atoms with Crippen LogP contribution in [0.15, 0.2) is 48.5 Å². The Kier molecular flexibility index (Phi) is 3.23. The van der Waals surface area contributed by atoms with Gasteiger partial charge in [0.2, 0.25) is 0 Å². The van der Waals surface area contributed by atoms with Crippen LogP contribution in [0.4, 0.5) is 5.69 Å². The van der Waals surface area contributed by atoms with Crippen LogP contribution in [-0.4, -0.2) is 0 Å². The summed E-state index contributed by atoms with van der Waals surface area (Å²) in [6.45, 7) is 0.508. The Balaban J connectivity index is 1.82. The smallest absolute Gasteiger partial charge is 0.417 e. The van der Waals surface area contributed by atoms with Gasteiger partial charge in [-0.05, 0) is 35.9 Å². The Morgan fingerprint density at radius 3 is 2.63 bits per heavy atom. The first-order valence-corrected chi connectivity index (χ1v) is 7.81. The van der Waals surface area contributed by atoms with Crippen molar-refractivity contribution in [3.05, 3.63) is 59.1 Å². The minimum absolute atomic E-state index is 0.507. The number of fused-ring (bicyclic) bond motifs is 1. The fourth-order valence-corrected chi connectivity index (χ4v) is 3.52. The van der Waals surface area contributed by atoms with Crippen LogP contribution in [0, 0.1) is 0 Å². The van der Waals surface area contributed by atoms with Crippen LogP contribution in [0.25, 0.3) is 0 Å². The van der Waals surface area contributed by atoms with Crippen molar-refractivity contribution in [1.29, 1.82) is 0 Å². The zero-order valence-electron chi connectivity index (χ0n) is 9.97. The quantitative estimate of drug-likeness (QED) is 0.821. The molecule has 0 aliphatic carbocycles. The van der Waals surface area contributed by atoms with E-state index in [0.717, 1.165) is 11.3 Å². The van der Waals surface area contributed by atoms with Gasteiger partial charge in [-0.2, -0.15) is 0 Å². The average Bonchev–Trinajstić information content (AvgIpc) is 2.41. The van der Waals surface area contributed by atoms with E-state index >= 15 is 0 Å². The summed E-state index contributed by atoms with van der Waals surface area (Å²) < 4.78 is 18.1. The molecule has 0 amide bonds. The monoisotopic (exact) mass is 294 g/mol. The molecule has 19 heavy (non-hydrogen) atoms. The minimum Gasteiger partial charge on any atom is -0.418 e. The van der Waals surface area contributed by atoms with Crippen LogP contribution in [0.2, 0.25) is 5.02 Å². The molecule has 4 nitrogen and oxygen atoms in total. The topological polar surface area (TPSA) is 50.4 Å². The molecule has 3 rings (SSSR count). The highest BCUT2D eigenvalue weighted by Crippen LogP contribution is 2.47. The van der Waals surface area contributed by atoms with Crippen LogP contribution in [-0.2, 0) is 11.1 Å². The first-order chi connectivity index (χ1) is 9.15. The zero-order chi connectivity index (χ0) is 13.3. The molecule has 1 atom stereocenters. The Morgan fingerprint density at radius 2 is 1.84 bits per heavy atom. The predicted molar refractivity (Wildman–Crippen MR) is 76.6 cm³/mol. The van der Waals surface area contributed by atoms with E-state index < -0.39 is 7.67 Å². The van der Waals surface area contributed by atoms with Gasteiger partial charge in [0.15, 0.2) is 0 Å². The summed E-state index contributed by atoms with van der Waals surface area (Å²) in [6, 6.07) is 14.5. The Hall–Kier alpha value is -1.48. The highest BCUT2D eigenvalue weighted by Gasteiger charge is 2.29. The van der Waals surface area contributed by atoms with Gasteiger partial charge in [0.25, 0.3) is 0 Å². The molecular weight excluding hydrogens is 283 g/mol. The molecule has 0 spiro atoms. The Morgan fingerprint density at radius 1 is 1.11 bits per heavy atom. The molecule has 2 aromatic carbocycles. The van der Waals surface area contributed by atoms with Crippen molar-refractivity contribution >= 4 is 25.0 Å². The second kappa shape index (κ2) is 4.89. The second-order valence-corrected chi connectivity index (χ2v) is 6.46. The molecule has 0 fully saturated rings. The molecule has 0 aromatic heterocycles. The summed E-state index contributed by atoms with van der Waals surface area (Å²) in [5, 5.41) is 6.44. The summed E-state index contributed by atoms with van der Waals surface area (Å²) in [5.41, 5.74) is 1.90. The number of nitrogens with one attached hydrogen (secondary N) is 2. The molecule has 1 heterocycles. The van der Waals surface area contributed by atoms with E-state index in [1.165, 1.54) is 0 Å². The first-order valence-electron chi connectivity index (χ1n) is 5.81. The Bertz CT molecular complexity index is 645. The maximum atomic E-state index is 12.6. The van der Waals surface area contributed by atoms with Gasteiger partial charge in [-0.1, -0.05) is 29.8 Å². The summed E-state index contributed by atoms with van der Waals surface area (Å²) >= 11 is 5.80. The second-order valence-electron chi connectivity index (χ2n) is 4.20. The normalized spacial score (nSPS) is 21.3. The number of anilines is 1. The molecule has 0 saturated carbocycles. The van der Waals surface area contributed by atoms with Crippen molar-refractivity contribution in [1.82, 2.24) is 5.09 Å². The fraction of sp³-hybridized carbons (Fsp3) is 0.0769. The third-order valence-corrected chi connectivity index (χ3v) is 4.64. The minimum atomic E-state index is -3.13. The van der Waals surface area contributed by atoms with Gasteiger partial charge in [-0.25, -0.2) is 9.65 Å². The summed E-state index contributed by atoms with van der Waals surface area (Å²) in [7, 11) is -3.13. The fourth-order valence-electron chi connectivity index (χ4n) is 1.87. The van der Waals surface area contributed by atoms with Crippen LogP contribution in [0.1, 0.15) is 5.56 Å².